The summed E-state index contributed by atoms with van der Waals surface area (Å²) in [6.45, 7) is 5.60. The number of ether oxygens (including phenoxy) is 1. The highest BCUT2D eigenvalue weighted by Crippen LogP contribution is 2.21. The molecule has 1 aromatic carbocycles. The lowest BCUT2D eigenvalue weighted by Gasteiger charge is -2.19. The molecule has 0 bridgehead atoms. The number of rotatable bonds is 7. The average Bonchev–Trinajstić information content (AvgIpc) is 2.46. The van der Waals surface area contributed by atoms with Crippen molar-refractivity contribution in [3.05, 3.63) is 24.3 Å². The minimum absolute atomic E-state index is 0.101. The monoisotopic (exact) mass is 328 g/mol. The molecule has 0 saturated heterocycles. The molecule has 0 saturated carbocycles. The van der Waals surface area contributed by atoms with Gasteiger partial charge in [-0.2, -0.15) is 0 Å². The molecule has 0 fully saturated rings. The molecule has 2 atom stereocenters. The third kappa shape index (κ3) is 5.22. The number of carbonyl (C=O) groups excluding carboxylic acids is 1. The number of anilines is 1. The van der Waals surface area contributed by atoms with Crippen LogP contribution in [0.15, 0.2) is 24.3 Å². The molecular formula is C15H24N2O4S. The van der Waals surface area contributed by atoms with Gasteiger partial charge in [0.25, 0.3) is 5.91 Å². The second kappa shape index (κ2) is 7.49. The summed E-state index contributed by atoms with van der Waals surface area (Å²) in [5.74, 6) is 0.337. The van der Waals surface area contributed by atoms with Gasteiger partial charge in [-0.05, 0) is 44.5 Å². The van der Waals surface area contributed by atoms with E-state index in [1.54, 1.807) is 31.2 Å². The standard InChI is InChI=1S/C15H24N2O4S/c1-6-11(2)16-15(18)12(3)21-14-9-7-13(8-10-14)17(4)22(5,19)20/h7-12H,6H2,1-5H3,(H,16,18)/t11-,12+/m1/s1. The van der Waals surface area contributed by atoms with Gasteiger partial charge in [-0.3, -0.25) is 9.10 Å². The summed E-state index contributed by atoms with van der Waals surface area (Å²) in [6, 6.07) is 6.66. The predicted molar refractivity (Wildman–Crippen MR) is 87.7 cm³/mol. The molecule has 0 unspecified atom stereocenters. The maximum Gasteiger partial charge on any atom is 0.260 e. The molecule has 0 heterocycles. The molecular weight excluding hydrogens is 304 g/mol. The Kier molecular flexibility index (Phi) is 6.22. The van der Waals surface area contributed by atoms with Crippen LogP contribution in [0, 0.1) is 0 Å². The van der Waals surface area contributed by atoms with Gasteiger partial charge in [-0.15, -0.1) is 0 Å². The molecule has 1 N–H and O–H groups in total. The maximum absolute atomic E-state index is 11.9. The van der Waals surface area contributed by atoms with Crippen LogP contribution < -0.4 is 14.4 Å². The normalized spacial score (nSPS) is 14.0. The van der Waals surface area contributed by atoms with E-state index >= 15 is 0 Å². The molecule has 124 valence electrons. The number of hydrogen-bond acceptors (Lipinski definition) is 4. The van der Waals surface area contributed by atoms with Crippen LogP contribution in [0.2, 0.25) is 0 Å². The Hall–Kier alpha value is -1.76. The zero-order chi connectivity index (χ0) is 16.9. The summed E-state index contributed by atoms with van der Waals surface area (Å²) < 4.78 is 29.7. The number of nitrogens with zero attached hydrogens (tertiary/aromatic N) is 1. The van der Waals surface area contributed by atoms with E-state index in [-0.39, 0.29) is 11.9 Å². The zero-order valence-corrected chi connectivity index (χ0v) is 14.5. The first-order chi connectivity index (χ1) is 10.1. The molecule has 1 amide bonds. The Bertz CT molecular complexity index is 598. The van der Waals surface area contributed by atoms with Crippen molar-refractivity contribution in [2.75, 3.05) is 17.6 Å². The SMILES string of the molecule is CC[C@@H](C)NC(=O)[C@H](C)Oc1ccc(N(C)S(C)(=O)=O)cc1. The van der Waals surface area contributed by atoms with Crippen molar-refractivity contribution in [1.82, 2.24) is 5.32 Å². The van der Waals surface area contributed by atoms with Crippen LogP contribution in [0.3, 0.4) is 0 Å². The molecule has 0 radical (unpaired) electrons. The van der Waals surface area contributed by atoms with Crippen LogP contribution in [0.1, 0.15) is 27.2 Å². The lowest BCUT2D eigenvalue weighted by atomic mass is 10.2. The Morgan fingerprint density at radius 3 is 2.27 bits per heavy atom. The topological polar surface area (TPSA) is 75.7 Å². The van der Waals surface area contributed by atoms with E-state index in [0.717, 1.165) is 12.7 Å². The Morgan fingerprint density at radius 1 is 1.27 bits per heavy atom. The van der Waals surface area contributed by atoms with Crippen LogP contribution in [-0.2, 0) is 14.8 Å². The summed E-state index contributed by atoms with van der Waals surface area (Å²) in [6.07, 6.45) is 1.37. The smallest absolute Gasteiger partial charge is 0.260 e. The van der Waals surface area contributed by atoms with E-state index in [1.807, 2.05) is 13.8 Å². The molecule has 0 aromatic heterocycles. The van der Waals surface area contributed by atoms with E-state index in [4.69, 9.17) is 4.74 Å². The third-order valence-electron chi connectivity index (χ3n) is 3.38. The van der Waals surface area contributed by atoms with Crippen molar-refractivity contribution in [3.63, 3.8) is 0 Å². The van der Waals surface area contributed by atoms with Crippen molar-refractivity contribution >= 4 is 21.6 Å². The highest BCUT2D eigenvalue weighted by Gasteiger charge is 2.17. The first-order valence-electron chi connectivity index (χ1n) is 7.16. The molecule has 1 rings (SSSR count). The van der Waals surface area contributed by atoms with E-state index in [0.29, 0.717) is 11.4 Å². The van der Waals surface area contributed by atoms with E-state index < -0.39 is 16.1 Å². The zero-order valence-electron chi connectivity index (χ0n) is 13.7. The van der Waals surface area contributed by atoms with Gasteiger partial charge in [0, 0.05) is 13.1 Å². The Morgan fingerprint density at radius 2 is 1.82 bits per heavy atom. The summed E-state index contributed by atoms with van der Waals surface area (Å²) >= 11 is 0. The number of amides is 1. The molecule has 6 nitrogen and oxygen atoms in total. The van der Waals surface area contributed by atoms with Gasteiger partial charge in [-0.1, -0.05) is 6.92 Å². The van der Waals surface area contributed by atoms with Crippen LogP contribution in [0.25, 0.3) is 0 Å². The second-order valence-electron chi connectivity index (χ2n) is 5.30. The fourth-order valence-corrected chi connectivity index (χ4v) is 2.15. The highest BCUT2D eigenvalue weighted by atomic mass is 32.2. The third-order valence-corrected chi connectivity index (χ3v) is 4.59. The number of carbonyl (C=O) groups is 1. The minimum Gasteiger partial charge on any atom is -0.481 e. The first-order valence-corrected chi connectivity index (χ1v) is 9.01. The number of hydrogen-bond donors (Lipinski definition) is 1. The van der Waals surface area contributed by atoms with Crippen molar-refractivity contribution in [2.45, 2.75) is 39.3 Å². The van der Waals surface area contributed by atoms with Crippen LogP contribution in [0.4, 0.5) is 5.69 Å². The van der Waals surface area contributed by atoms with Crippen molar-refractivity contribution in [2.24, 2.45) is 0 Å². The highest BCUT2D eigenvalue weighted by molar-refractivity contribution is 7.92. The molecule has 0 spiro atoms. The number of nitrogens with one attached hydrogen (secondary N) is 1. The van der Waals surface area contributed by atoms with Gasteiger partial charge in [-0.25, -0.2) is 8.42 Å². The lowest BCUT2D eigenvalue weighted by molar-refractivity contribution is -0.127. The van der Waals surface area contributed by atoms with E-state index in [2.05, 4.69) is 5.32 Å². The van der Waals surface area contributed by atoms with Gasteiger partial charge in [0.1, 0.15) is 5.75 Å². The fourth-order valence-electron chi connectivity index (χ4n) is 1.65. The lowest BCUT2D eigenvalue weighted by Crippen LogP contribution is -2.40. The summed E-state index contributed by atoms with van der Waals surface area (Å²) in [7, 11) is -1.81. The van der Waals surface area contributed by atoms with Crippen LogP contribution in [-0.4, -0.2) is 39.8 Å². The van der Waals surface area contributed by atoms with Gasteiger partial charge < -0.3 is 10.1 Å². The van der Waals surface area contributed by atoms with Gasteiger partial charge in [0.2, 0.25) is 10.0 Å². The van der Waals surface area contributed by atoms with Crippen molar-refractivity contribution in [1.29, 1.82) is 0 Å². The molecule has 0 aliphatic rings. The van der Waals surface area contributed by atoms with Crippen LogP contribution in [0.5, 0.6) is 5.75 Å². The molecule has 1 aromatic rings. The van der Waals surface area contributed by atoms with Gasteiger partial charge >= 0.3 is 0 Å². The number of sulfonamides is 1. The van der Waals surface area contributed by atoms with Gasteiger partial charge in [0.15, 0.2) is 6.10 Å². The summed E-state index contributed by atoms with van der Waals surface area (Å²) in [5, 5.41) is 2.85. The second-order valence-corrected chi connectivity index (χ2v) is 7.32. The summed E-state index contributed by atoms with van der Waals surface area (Å²) in [5.41, 5.74) is 0.534. The van der Waals surface area contributed by atoms with Gasteiger partial charge in [0.05, 0.1) is 11.9 Å². The molecule has 22 heavy (non-hydrogen) atoms. The predicted octanol–water partition coefficient (Wildman–Crippen LogP) is 1.76. The summed E-state index contributed by atoms with van der Waals surface area (Å²) in [4.78, 5) is 11.9. The largest absolute Gasteiger partial charge is 0.481 e. The maximum atomic E-state index is 11.9. The Labute approximate surface area is 132 Å². The van der Waals surface area contributed by atoms with Crippen molar-refractivity contribution in [3.8, 4) is 5.75 Å². The van der Waals surface area contributed by atoms with Crippen molar-refractivity contribution < 1.29 is 17.9 Å². The quantitative estimate of drug-likeness (QED) is 0.827. The Balaban J connectivity index is 2.70. The van der Waals surface area contributed by atoms with E-state index in [9.17, 15) is 13.2 Å². The van der Waals surface area contributed by atoms with E-state index in [1.165, 1.54) is 11.4 Å². The average molecular weight is 328 g/mol. The van der Waals surface area contributed by atoms with Crippen LogP contribution >= 0.6 is 0 Å². The molecule has 0 aliphatic heterocycles. The fraction of sp³-hybridized carbons (Fsp3) is 0.533. The molecule has 7 heteroatoms. The molecule has 0 aliphatic carbocycles. The number of benzene rings is 1. The minimum atomic E-state index is -3.29. The first kappa shape index (κ1) is 18.3.